The molecule has 1 saturated heterocycles. The van der Waals surface area contributed by atoms with Gasteiger partial charge in [0.2, 0.25) is 11.8 Å². The Morgan fingerprint density at radius 3 is 1.78 bits per heavy atom. The smallest absolute Gasteiger partial charge is 0.407 e. The molecule has 1 aliphatic heterocycles. The van der Waals surface area contributed by atoms with E-state index >= 15 is 0 Å². The number of nitrogens with one attached hydrogen (secondary N) is 3. The summed E-state index contributed by atoms with van der Waals surface area (Å²) in [6.07, 6.45) is -9.57. The Hall–Kier alpha value is -6.04. The van der Waals surface area contributed by atoms with Crippen molar-refractivity contribution in [3.63, 3.8) is 0 Å². The molecule has 18 nitrogen and oxygen atoms in total. The van der Waals surface area contributed by atoms with Gasteiger partial charge in [-0.2, -0.15) is 0 Å². The molecule has 1 aliphatic carbocycles. The van der Waals surface area contributed by atoms with Gasteiger partial charge in [-0.1, -0.05) is 48.5 Å². The second kappa shape index (κ2) is 18.8. The van der Waals surface area contributed by atoms with E-state index in [0.29, 0.717) is 0 Å². The van der Waals surface area contributed by atoms with E-state index in [4.69, 9.17) is 28.4 Å². The third-order valence-electron chi connectivity index (χ3n) is 8.55. The molecule has 2 aromatic carbocycles. The Labute approximate surface area is 315 Å². The maximum absolute atomic E-state index is 13.6. The van der Waals surface area contributed by atoms with Crippen molar-refractivity contribution in [2.45, 2.75) is 89.7 Å². The number of carbonyl (C=O) groups excluding carboxylic acids is 8. The number of benzene rings is 2. The number of alkyl carbamates (subject to hydrolysis) is 1. The highest BCUT2D eigenvalue weighted by molar-refractivity contribution is 5.93. The molecule has 0 saturated carbocycles. The van der Waals surface area contributed by atoms with Gasteiger partial charge in [-0.15, -0.1) is 0 Å². The predicted octanol–water partition coefficient (Wildman–Crippen LogP) is 1.16. The number of hydrogen-bond donors (Lipinski definition) is 3. The minimum atomic E-state index is -1.66. The number of esters is 5. The summed E-state index contributed by atoms with van der Waals surface area (Å²) in [6.45, 7) is 4.87. The van der Waals surface area contributed by atoms with Crippen LogP contribution in [0, 0.1) is 0 Å². The second-order valence-corrected chi connectivity index (χ2v) is 12.7. The summed E-state index contributed by atoms with van der Waals surface area (Å²) in [5, 5.41) is 7.18. The van der Waals surface area contributed by atoms with Crippen molar-refractivity contribution >= 4 is 47.8 Å². The summed E-state index contributed by atoms with van der Waals surface area (Å²) in [5.41, 5.74) is 3.84. The highest BCUT2D eigenvalue weighted by atomic mass is 16.7. The number of rotatable bonds is 14. The van der Waals surface area contributed by atoms with E-state index in [1.807, 2.05) is 48.5 Å². The van der Waals surface area contributed by atoms with Crippen LogP contribution in [-0.4, -0.2) is 111 Å². The van der Waals surface area contributed by atoms with Gasteiger partial charge in [0.05, 0.1) is 13.5 Å². The summed E-state index contributed by atoms with van der Waals surface area (Å²) < 4.78 is 37.3. The van der Waals surface area contributed by atoms with E-state index in [9.17, 15) is 38.4 Å². The molecule has 0 unspecified atom stereocenters. The third kappa shape index (κ3) is 11.0. The minimum Gasteiger partial charge on any atom is -0.467 e. The standard InChI is InChI=1S/C37H43N3O15/c1-18(36(47)49-6)38-34(46)28(39-37(48)51-16-27-25-13-9-7-11-23(25)24-12-8-10-14-26(24)27)15-30(45)40-35-33(54-22(5)44)32(53-21(4)43)31(52-20(3)42)29(55-35)17-50-19(2)41/h7-14,18,27-29,31-33,35H,15-17H2,1-6H3,(H,38,46)(H,39,48)(H,40,45)/t18-,28-,29+,31+,32-,33+,35+/m0/s1. The van der Waals surface area contributed by atoms with Crippen LogP contribution in [0.4, 0.5) is 4.79 Å². The van der Waals surface area contributed by atoms with Gasteiger partial charge in [0.25, 0.3) is 0 Å². The molecule has 18 heteroatoms. The van der Waals surface area contributed by atoms with E-state index in [1.54, 1.807) is 0 Å². The number of hydrogen-bond acceptors (Lipinski definition) is 15. The molecule has 7 atom stereocenters. The quantitative estimate of drug-likeness (QED) is 0.181. The number of carbonyl (C=O) groups is 8. The molecule has 296 valence electrons. The number of ether oxygens (including phenoxy) is 7. The van der Waals surface area contributed by atoms with Crippen LogP contribution in [-0.2, 0) is 66.7 Å². The van der Waals surface area contributed by atoms with Crippen LogP contribution >= 0.6 is 0 Å². The lowest BCUT2D eigenvalue weighted by molar-refractivity contribution is -0.257. The Morgan fingerprint density at radius 2 is 1.24 bits per heavy atom. The monoisotopic (exact) mass is 769 g/mol. The molecule has 1 fully saturated rings. The second-order valence-electron chi connectivity index (χ2n) is 12.7. The van der Waals surface area contributed by atoms with Crippen LogP contribution in [0.25, 0.3) is 11.1 Å². The van der Waals surface area contributed by atoms with Gasteiger partial charge in [0, 0.05) is 33.6 Å². The van der Waals surface area contributed by atoms with Crippen LogP contribution < -0.4 is 16.0 Å². The van der Waals surface area contributed by atoms with Gasteiger partial charge >= 0.3 is 35.9 Å². The summed E-state index contributed by atoms with van der Waals surface area (Å²) in [5.74, 6) is -6.47. The van der Waals surface area contributed by atoms with E-state index in [0.717, 1.165) is 57.1 Å². The average molecular weight is 770 g/mol. The lowest BCUT2D eigenvalue weighted by atomic mass is 9.97. The fourth-order valence-corrected chi connectivity index (χ4v) is 6.29. The van der Waals surface area contributed by atoms with Crippen molar-refractivity contribution in [1.29, 1.82) is 0 Å². The predicted molar refractivity (Wildman–Crippen MR) is 186 cm³/mol. The van der Waals surface area contributed by atoms with E-state index in [1.165, 1.54) is 6.92 Å². The number of amides is 3. The normalized spacial score (nSPS) is 20.9. The maximum Gasteiger partial charge on any atom is 0.407 e. The number of methoxy groups -OCH3 is 1. The van der Waals surface area contributed by atoms with Crippen molar-refractivity contribution in [3.05, 3.63) is 59.7 Å². The van der Waals surface area contributed by atoms with E-state index < -0.39 is 104 Å². The zero-order valence-electron chi connectivity index (χ0n) is 31.0. The molecule has 2 aliphatic rings. The molecule has 0 radical (unpaired) electrons. The van der Waals surface area contributed by atoms with Crippen molar-refractivity contribution in [3.8, 4) is 11.1 Å². The van der Waals surface area contributed by atoms with Gasteiger partial charge in [0.15, 0.2) is 24.5 Å². The first-order chi connectivity index (χ1) is 26.1. The minimum absolute atomic E-state index is 0.121. The summed E-state index contributed by atoms with van der Waals surface area (Å²) in [6, 6.07) is 12.4. The molecule has 1 heterocycles. The summed E-state index contributed by atoms with van der Waals surface area (Å²) in [4.78, 5) is 100. The Balaban J connectivity index is 1.56. The lowest BCUT2D eigenvalue weighted by Crippen LogP contribution is -2.66. The first-order valence-corrected chi connectivity index (χ1v) is 17.2. The molecule has 0 aromatic heterocycles. The lowest BCUT2D eigenvalue weighted by Gasteiger charge is -2.44. The first kappa shape index (κ1) is 41.7. The first-order valence-electron chi connectivity index (χ1n) is 17.2. The molecule has 0 bridgehead atoms. The molecular formula is C37H43N3O15. The van der Waals surface area contributed by atoms with Crippen LogP contribution in [0.5, 0.6) is 0 Å². The Morgan fingerprint density at radius 1 is 0.691 bits per heavy atom. The molecular weight excluding hydrogens is 726 g/mol. The van der Waals surface area contributed by atoms with Gasteiger partial charge in [-0.3, -0.25) is 28.8 Å². The van der Waals surface area contributed by atoms with E-state index in [2.05, 4.69) is 20.7 Å². The number of fused-ring (bicyclic) bond motifs is 3. The van der Waals surface area contributed by atoms with Crippen molar-refractivity contribution in [2.24, 2.45) is 0 Å². The molecule has 3 amide bonds. The van der Waals surface area contributed by atoms with Crippen molar-refractivity contribution in [1.82, 2.24) is 16.0 Å². The van der Waals surface area contributed by atoms with Gasteiger partial charge < -0.3 is 49.1 Å². The Kier molecular flexibility index (Phi) is 14.3. The van der Waals surface area contributed by atoms with Gasteiger partial charge in [-0.25, -0.2) is 9.59 Å². The summed E-state index contributed by atoms with van der Waals surface area (Å²) in [7, 11) is 1.11. The fourth-order valence-electron chi connectivity index (χ4n) is 6.29. The van der Waals surface area contributed by atoms with E-state index in [-0.39, 0.29) is 12.5 Å². The van der Waals surface area contributed by atoms with Crippen LogP contribution in [0.2, 0.25) is 0 Å². The Bertz CT molecular complexity index is 1750. The van der Waals surface area contributed by atoms with Crippen molar-refractivity contribution in [2.75, 3.05) is 20.3 Å². The van der Waals surface area contributed by atoms with Crippen LogP contribution in [0.3, 0.4) is 0 Å². The van der Waals surface area contributed by atoms with Crippen molar-refractivity contribution < 1.29 is 71.5 Å². The zero-order valence-corrected chi connectivity index (χ0v) is 31.0. The highest BCUT2D eigenvalue weighted by Crippen LogP contribution is 2.44. The third-order valence-corrected chi connectivity index (χ3v) is 8.55. The highest BCUT2D eigenvalue weighted by Gasteiger charge is 2.52. The van der Waals surface area contributed by atoms with Gasteiger partial charge in [-0.05, 0) is 29.2 Å². The maximum atomic E-state index is 13.6. The molecule has 55 heavy (non-hydrogen) atoms. The average Bonchev–Trinajstić information content (AvgIpc) is 3.44. The van der Waals surface area contributed by atoms with Gasteiger partial charge in [0.1, 0.15) is 31.4 Å². The molecule has 2 aromatic rings. The topological polar surface area (TPSA) is 237 Å². The molecule has 0 spiro atoms. The largest absolute Gasteiger partial charge is 0.467 e. The zero-order chi connectivity index (χ0) is 40.4. The van der Waals surface area contributed by atoms with Crippen LogP contribution in [0.15, 0.2) is 48.5 Å². The fraction of sp³-hybridized carbons (Fsp3) is 0.459. The molecule has 4 rings (SSSR count). The van der Waals surface area contributed by atoms with Crippen LogP contribution in [0.1, 0.15) is 58.1 Å². The summed E-state index contributed by atoms with van der Waals surface area (Å²) >= 11 is 0. The molecule has 3 N–H and O–H groups in total. The SMILES string of the molecule is COC(=O)[C@H](C)NC(=O)[C@H](CC(=O)N[C@@H]1O[C@H](COC(C)=O)[C@@H](OC(C)=O)[C@H](OC(C)=O)[C@H]1OC(C)=O)NC(=O)OCC1c2ccccc2-c2ccccc21.